The third kappa shape index (κ3) is 1.39. The van der Waals surface area contributed by atoms with Gasteiger partial charge in [0, 0.05) is 7.05 Å². The highest BCUT2D eigenvalue weighted by molar-refractivity contribution is 5.94. The molecule has 0 unspecified atom stereocenters. The molecule has 4 heteroatoms. The van der Waals surface area contributed by atoms with Gasteiger partial charge in [-0.2, -0.15) is 0 Å². The van der Waals surface area contributed by atoms with E-state index in [9.17, 15) is 4.79 Å². The van der Waals surface area contributed by atoms with Crippen LogP contribution in [0.15, 0.2) is 12.8 Å². The Morgan fingerprint density at radius 3 is 2.82 bits per heavy atom. The highest BCUT2D eigenvalue weighted by atomic mass is 16.2. The van der Waals surface area contributed by atoms with Crippen LogP contribution < -0.4 is 0 Å². The van der Waals surface area contributed by atoms with Crippen molar-refractivity contribution in [1.29, 1.82) is 5.41 Å². The van der Waals surface area contributed by atoms with Crippen LogP contribution in [0.3, 0.4) is 0 Å². The van der Waals surface area contributed by atoms with E-state index in [2.05, 4.69) is 6.58 Å². The Morgan fingerprint density at radius 2 is 2.27 bits per heavy atom. The zero-order chi connectivity index (χ0) is 8.43. The quantitative estimate of drug-likeness (QED) is 0.571. The van der Waals surface area contributed by atoms with E-state index in [4.69, 9.17) is 5.41 Å². The van der Waals surface area contributed by atoms with Gasteiger partial charge in [0.2, 0.25) is 5.91 Å². The highest BCUT2D eigenvalue weighted by Crippen LogP contribution is 2.02. The van der Waals surface area contributed by atoms with Gasteiger partial charge < -0.3 is 9.80 Å². The lowest BCUT2D eigenvalue weighted by Crippen LogP contribution is -2.49. The third-order valence-corrected chi connectivity index (χ3v) is 1.69. The van der Waals surface area contributed by atoms with Gasteiger partial charge in [0.1, 0.15) is 12.4 Å². The van der Waals surface area contributed by atoms with Crippen LogP contribution in [0.1, 0.15) is 0 Å². The number of amides is 1. The van der Waals surface area contributed by atoms with Crippen molar-refractivity contribution in [1.82, 2.24) is 9.80 Å². The summed E-state index contributed by atoms with van der Waals surface area (Å²) in [5.41, 5.74) is 0. The average Bonchev–Trinajstić information content (AvgIpc) is 1.97. The molecule has 1 aliphatic heterocycles. The van der Waals surface area contributed by atoms with Gasteiger partial charge in [0.15, 0.2) is 0 Å². The number of likely N-dealkylation sites (N-methyl/N-ethyl adjacent to an activating group) is 1. The average molecular weight is 153 g/mol. The van der Waals surface area contributed by atoms with Gasteiger partial charge in [-0.1, -0.05) is 6.58 Å². The molecule has 0 atom stereocenters. The SMILES string of the molecule is C=CN1CC(=O)N(C)CC1=N. The van der Waals surface area contributed by atoms with Crippen molar-refractivity contribution in [2.45, 2.75) is 0 Å². The van der Waals surface area contributed by atoms with Crippen LogP contribution in [0.2, 0.25) is 0 Å². The molecule has 0 spiro atoms. The molecule has 0 saturated carbocycles. The van der Waals surface area contributed by atoms with Gasteiger partial charge in [-0.3, -0.25) is 10.2 Å². The lowest BCUT2D eigenvalue weighted by molar-refractivity contribution is -0.130. The number of rotatable bonds is 1. The summed E-state index contributed by atoms with van der Waals surface area (Å²) in [4.78, 5) is 14.1. The second kappa shape index (κ2) is 2.74. The molecule has 1 saturated heterocycles. The number of piperazine rings is 1. The molecular weight excluding hydrogens is 142 g/mol. The van der Waals surface area contributed by atoms with Crippen molar-refractivity contribution in [3.8, 4) is 0 Å². The number of hydrogen-bond acceptors (Lipinski definition) is 2. The van der Waals surface area contributed by atoms with Gasteiger partial charge in [0.05, 0.1) is 6.54 Å². The number of nitrogens with zero attached hydrogens (tertiary/aromatic N) is 2. The van der Waals surface area contributed by atoms with Crippen LogP contribution in [0.4, 0.5) is 0 Å². The van der Waals surface area contributed by atoms with E-state index >= 15 is 0 Å². The molecule has 1 amide bonds. The van der Waals surface area contributed by atoms with E-state index < -0.39 is 0 Å². The van der Waals surface area contributed by atoms with E-state index in [1.807, 2.05) is 0 Å². The first-order valence-corrected chi connectivity index (χ1v) is 3.35. The standard InChI is InChI=1S/C7H11N3O/c1-3-10-5-7(11)9(2)4-6(10)8/h3,8H,1,4-5H2,2H3. The molecule has 0 aromatic rings. The number of carbonyl (C=O) groups is 1. The maximum atomic E-state index is 11.0. The Balaban J connectivity index is 2.69. The first-order chi connectivity index (χ1) is 5.15. The van der Waals surface area contributed by atoms with Crippen LogP contribution in [0.25, 0.3) is 0 Å². The summed E-state index contributed by atoms with van der Waals surface area (Å²) in [6.45, 7) is 4.14. The lowest BCUT2D eigenvalue weighted by Gasteiger charge is -2.31. The summed E-state index contributed by atoms with van der Waals surface area (Å²) < 4.78 is 0. The third-order valence-electron chi connectivity index (χ3n) is 1.69. The van der Waals surface area contributed by atoms with Crippen molar-refractivity contribution in [3.05, 3.63) is 12.8 Å². The van der Waals surface area contributed by atoms with E-state index in [0.717, 1.165) is 0 Å². The van der Waals surface area contributed by atoms with Gasteiger partial charge in [-0.05, 0) is 6.20 Å². The summed E-state index contributed by atoms with van der Waals surface area (Å²) in [5.74, 6) is 0.447. The van der Waals surface area contributed by atoms with Gasteiger partial charge in [0.25, 0.3) is 0 Å². The topological polar surface area (TPSA) is 47.4 Å². The fourth-order valence-corrected chi connectivity index (χ4v) is 0.940. The predicted molar refractivity (Wildman–Crippen MR) is 42.3 cm³/mol. The van der Waals surface area contributed by atoms with Crippen LogP contribution >= 0.6 is 0 Å². The first kappa shape index (κ1) is 7.78. The van der Waals surface area contributed by atoms with Crippen molar-refractivity contribution < 1.29 is 4.79 Å². The summed E-state index contributed by atoms with van der Waals surface area (Å²) in [7, 11) is 1.69. The zero-order valence-electron chi connectivity index (χ0n) is 6.50. The Kier molecular flexibility index (Phi) is 1.94. The van der Waals surface area contributed by atoms with Gasteiger partial charge >= 0.3 is 0 Å². The second-order valence-electron chi connectivity index (χ2n) is 2.51. The number of carbonyl (C=O) groups excluding carboxylic acids is 1. The van der Waals surface area contributed by atoms with Gasteiger partial charge in [-0.25, -0.2) is 0 Å². The highest BCUT2D eigenvalue weighted by Gasteiger charge is 2.22. The zero-order valence-corrected chi connectivity index (χ0v) is 6.50. The molecular formula is C7H11N3O. The largest absolute Gasteiger partial charge is 0.337 e. The van der Waals surface area contributed by atoms with Crippen molar-refractivity contribution >= 4 is 11.7 Å². The van der Waals surface area contributed by atoms with Crippen LogP contribution in [0.5, 0.6) is 0 Å². The molecule has 1 rings (SSSR count). The normalized spacial score (nSPS) is 19.0. The minimum absolute atomic E-state index is 0.0286. The minimum Gasteiger partial charge on any atom is -0.337 e. The molecule has 1 fully saturated rings. The molecule has 11 heavy (non-hydrogen) atoms. The van der Waals surface area contributed by atoms with E-state index in [1.54, 1.807) is 11.9 Å². The predicted octanol–water partition coefficient (Wildman–Crippen LogP) is -0.119. The Labute approximate surface area is 65.6 Å². The maximum Gasteiger partial charge on any atom is 0.242 e. The molecule has 0 bridgehead atoms. The monoisotopic (exact) mass is 153 g/mol. The van der Waals surface area contributed by atoms with E-state index in [0.29, 0.717) is 12.4 Å². The fraction of sp³-hybridized carbons (Fsp3) is 0.429. The van der Waals surface area contributed by atoms with Crippen molar-refractivity contribution in [2.24, 2.45) is 0 Å². The Morgan fingerprint density at radius 1 is 1.64 bits per heavy atom. The summed E-state index contributed by atoms with van der Waals surface area (Å²) in [5, 5.41) is 7.43. The van der Waals surface area contributed by atoms with Crippen molar-refractivity contribution in [3.63, 3.8) is 0 Å². The van der Waals surface area contributed by atoms with Crippen molar-refractivity contribution in [2.75, 3.05) is 20.1 Å². The molecule has 1 N–H and O–H groups in total. The number of amidine groups is 1. The molecule has 1 aliphatic rings. The summed E-state index contributed by atoms with van der Waals surface area (Å²) in [6, 6.07) is 0. The summed E-state index contributed by atoms with van der Waals surface area (Å²) in [6.07, 6.45) is 1.51. The molecule has 0 aromatic heterocycles. The smallest absolute Gasteiger partial charge is 0.242 e. The molecule has 0 aromatic carbocycles. The number of hydrogen-bond donors (Lipinski definition) is 1. The van der Waals surface area contributed by atoms with Gasteiger partial charge in [-0.15, -0.1) is 0 Å². The fourth-order valence-electron chi connectivity index (χ4n) is 0.940. The molecule has 0 radical (unpaired) electrons. The molecule has 4 nitrogen and oxygen atoms in total. The first-order valence-electron chi connectivity index (χ1n) is 3.35. The molecule has 0 aliphatic carbocycles. The Bertz CT molecular complexity index is 212. The van der Waals surface area contributed by atoms with Crippen LogP contribution in [-0.4, -0.2) is 41.7 Å². The maximum absolute atomic E-state index is 11.0. The van der Waals surface area contributed by atoms with Crippen LogP contribution in [0, 0.1) is 5.41 Å². The molecule has 1 heterocycles. The molecule has 60 valence electrons. The summed E-state index contributed by atoms with van der Waals surface area (Å²) >= 11 is 0. The second-order valence-corrected chi connectivity index (χ2v) is 2.51. The Hall–Kier alpha value is -1.32. The van der Waals surface area contributed by atoms with E-state index in [1.165, 1.54) is 11.1 Å². The van der Waals surface area contributed by atoms with E-state index in [-0.39, 0.29) is 12.5 Å². The minimum atomic E-state index is 0.0286. The van der Waals surface area contributed by atoms with Crippen LogP contribution in [-0.2, 0) is 4.79 Å². The number of nitrogens with one attached hydrogen (secondary N) is 1. The lowest BCUT2D eigenvalue weighted by atomic mass is 10.3.